The molecule has 0 spiro atoms. The van der Waals surface area contributed by atoms with E-state index in [2.05, 4.69) is 43.4 Å². The highest BCUT2D eigenvalue weighted by Gasteiger charge is 2.15. The van der Waals surface area contributed by atoms with Gasteiger partial charge in [-0.05, 0) is 49.8 Å². The maximum absolute atomic E-state index is 5.41. The molecule has 2 unspecified atom stereocenters. The van der Waals surface area contributed by atoms with Crippen LogP contribution in [0.5, 0.6) is 0 Å². The molecular formula is C17H27NO. The summed E-state index contributed by atoms with van der Waals surface area (Å²) in [6.45, 7) is 7.48. The SMILES string of the molecule is CCCc1ccc(C(C)NCCC2CCOC2)cc1. The predicted octanol–water partition coefficient (Wildman–Crippen LogP) is 3.72. The van der Waals surface area contributed by atoms with E-state index in [-0.39, 0.29) is 0 Å². The first-order valence-electron chi connectivity index (χ1n) is 7.69. The number of nitrogens with one attached hydrogen (secondary N) is 1. The molecule has 1 heterocycles. The molecule has 0 bridgehead atoms. The monoisotopic (exact) mass is 261 g/mol. The summed E-state index contributed by atoms with van der Waals surface area (Å²) in [6, 6.07) is 9.50. The van der Waals surface area contributed by atoms with Crippen molar-refractivity contribution in [2.45, 2.75) is 45.6 Å². The molecule has 0 radical (unpaired) electrons. The van der Waals surface area contributed by atoms with Crippen molar-refractivity contribution < 1.29 is 4.74 Å². The van der Waals surface area contributed by atoms with Crippen LogP contribution in [0.1, 0.15) is 50.3 Å². The maximum Gasteiger partial charge on any atom is 0.0495 e. The van der Waals surface area contributed by atoms with Crippen LogP contribution in [-0.4, -0.2) is 19.8 Å². The van der Waals surface area contributed by atoms with Gasteiger partial charge in [0, 0.05) is 19.3 Å². The highest BCUT2D eigenvalue weighted by Crippen LogP contribution is 2.17. The van der Waals surface area contributed by atoms with Crippen LogP contribution in [0.25, 0.3) is 0 Å². The first kappa shape index (κ1) is 14.5. The summed E-state index contributed by atoms with van der Waals surface area (Å²) >= 11 is 0. The molecule has 1 aromatic rings. The third-order valence-corrected chi connectivity index (χ3v) is 4.05. The summed E-state index contributed by atoms with van der Waals surface area (Å²) in [7, 11) is 0. The minimum Gasteiger partial charge on any atom is -0.381 e. The smallest absolute Gasteiger partial charge is 0.0495 e. The Labute approximate surface area is 117 Å². The van der Waals surface area contributed by atoms with Gasteiger partial charge in [-0.15, -0.1) is 0 Å². The van der Waals surface area contributed by atoms with Crippen LogP contribution < -0.4 is 5.32 Å². The molecule has 2 nitrogen and oxygen atoms in total. The lowest BCUT2D eigenvalue weighted by molar-refractivity contribution is 0.184. The van der Waals surface area contributed by atoms with E-state index < -0.39 is 0 Å². The zero-order valence-corrected chi connectivity index (χ0v) is 12.3. The van der Waals surface area contributed by atoms with E-state index >= 15 is 0 Å². The van der Waals surface area contributed by atoms with Gasteiger partial charge in [0.1, 0.15) is 0 Å². The zero-order valence-electron chi connectivity index (χ0n) is 12.3. The Morgan fingerprint density at radius 3 is 2.74 bits per heavy atom. The second kappa shape index (κ2) is 7.66. The number of hydrogen-bond acceptors (Lipinski definition) is 2. The highest BCUT2D eigenvalue weighted by molar-refractivity contribution is 5.24. The van der Waals surface area contributed by atoms with E-state index in [1.165, 1.54) is 36.8 Å². The van der Waals surface area contributed by atoms with E-state index in [0.717, 1.165) is 25.7 Å². The standard InChI is InChI=1S/C17H27NO/c1-3-4-15-5-7-17(8-6-15)14(2)18-11-9-16-10-12-19-13-16/h5-8,14,16,18H,3-4,9-13H2,1-2H3. The molecule has 1 N–H and O–H groups in total. The number of ether oxygens (including phenoxy) is 1. The molecule has 0 aromatic heterocycles. The molecule has 1 aliphatic rings. The molecule has 2 atom stereocenters. The van der Waals surface area contributed by atoms with Gasteiger partial charge in [0.05, 0.1) is 0 Å². The van der Waals surface area contributed by atoms with Gasteiger partial charge >= 0.3 is 0 Å². The summed E-state index contributed by atoms with van der Waals surface area (Å²) in [5.41, 5.74) is 2.84. The average Bonchev–Trinajstić information content (AvgIpc) is 2.93. The van der Waals surface area contributed by atoms with E-state index in [1.807, 2.05) is 0 Å². The normalized spacial score (nSPS) is 20.6. The van der Waals surface area contributed by atoms with Crippen molar-refractivity contribution in [3.8, 4) is 0 Å². The lowest BCUT2D eigenvalue weighted by atomic mass is 10.0. The third kappa shape index (κ3) is 4.63. The third-order valence-electron chi connectivity index (χ3n) is 4.05. The quantitative estimate of drug-likeness (QED) is 0.808. The summed E-state index contributed by atoms with van der Waals surface area (Å²) in [5, 5.41) is 3.62. The Bertz CT molecular complexity index is 354. The molecule has 2 rings (SSSR count). The second-order valence-corrected chi connectivity index (χ2v) is 5.69. The van der Waals surface area contributed by atoms with Crippen LogP contribution >= 0.6 is 0 Å². The molecule has 0 aliphatic carbocycles. The van der Waals surface area contributed by atoms with Crippen LogP contribution in [-0.2, 0) is 11.2 Å². The minimum atomic E-state index is 0.443. The molecule has 2 heteroatoms. The van der Waals surface area contributed by atoms with Crippen molar-refractivity contribution in [2.24, 2.45) is 5.92 Å². The van der Waals surface area contributed by atoms with Crippen LogP contribution in [0.2, 0.25) is 0 Å². The van der Waals surface area contributed by atoms with Crippen molar-refractivity contribution in [3.63, 3.8) is 0 Å². The van der Waals surface area contributed by atoms with Crippen LogP contribution in [0.4, 0.5) is 0 Å². The van der Waals surface area contributed by atoms with Crippen LogP contribution in [0.15, 0.2) is 24.3 Å². The van der Waals surface area contributed by atoms with E-state index in [1.54, 1.807) is 0 Å². The van der Waals surface area contributed by atoms with Crippen molar-refractivity contribution >= 4 is 0 Å². The van der Waals surface area contributed by atoms with Gasteiger partial charge in [0.2, 0.25) is 0 Å². The van der Waals surface area contributed by atoms with E-state index in [4.69, 9.17) is 4.74 Å². The van der Waals surface area contributed by atoms with Gasteiger partial charge in [-0.25, -0.2) is 0 Å². The maximum atomic E-state index is 5.41. The van der Waals surface area contributed by atoms with Gasteiger partial charge in [-0.3, -0.25) is 0 Å². The van der Waals surface area contributed by atoms with Crippen LogP contribution in [0.3, 0.4) is 0 Å². The first-order chi connectivity index (χ1) is 9.29. The summed E-state index contributed by atoms with van der Waals surface area (Å²) < 4.78 is 5.41. The fraction of sp³-hybridized carbons (Fsp3) is 0.647. The van der Waals surface area contributed by atoms with Crippen LogP contribution in [0, 0.1) is 5.92 Å². The molecule has 106 valence electrons. The van der Waals surface area contributed by atoms with Crippen molar-refractivity contribution in [1.29, 1.82) is 0 Å². The topological polar surface area (TPSA) is 21.3 Å². The highest BCUT2D eigenvalue weighted by atomic mass is 16.5. The Balaban J connectivity index is 1.73. The summed E-state index contributed by atoms with van der Waals surface area (Å²) in [5.74, 6) is 0.770. The molecule has 0 amide bonds. The van der Waals surface area contributed by atoms with Gasteiger partial charge in [0.25, 0.3) is 0 Å². The molecular weight excluding hydrogens is 234 g/mol. The number of hydrogen-bond donors (Lipinski definition) is 1. The lowest BCUT2D eigenvalue weighted by Crippen LogP contribution is -2.22. The molecule has 19 heavy (non-hydrogen) atoms. The molecule has 1 aromatic carbocycles. The Kier molecular flexibility index (Phi) is 5.87. The Morgan fingerprint density at radius 1 is 1.32 bits per heavy atom. The van der Waals surface area contributed by atoms with Gasteiger partial charge in [0.15, 0.2) is 0 Å². The number of benzene rings is 1. The summed E-state index contributed by atoms with van der Waals surface area (Å²) in [4.78, 5) is 0. The molecule has 1 aliphatic heterocycles. The number of aryl methyl sites for hydroxylation is 1. The van der Waals surface area contributed by atoms with Crippen molar-refractivity contribution in [1.82, 2.24) is 5.32 Å². The van der Waals surface area contributed by atoms with E-state index in [0.29, 0.717) is 6.04 Å². The summed E-state index contributed by atoms with van der Waals surface area (Å²) in [6.07, 6.45) is 4.88. The first-order valence-corrected chi connectivity index (χ1v) is 7.69. The fourth-order valence-electron chi connectivity index (χ4n) is 2.69. The molecule has 0 saturated carbocycles. The van der Waals surface area contributed by atoms with Gasteiger partial charge in [-0.2, -0.15) is 0 Å². The predicted molar refractivity (Wildman–Crippen MR) is 80.4 cm³/mol. The molecule has 1 fully saturated rings. The average molecular weight is 261 g/mol. The van der Waals surface area contributed by atoms with Crippen molar-refractivity contribution in [3.05, 3.63) is 35.4 Å². The van der Waals surface area contributed by atoms with Gasteiger partial charge in [-0.1, -0.05) is 37.6 Å². The van der Waals surface area contributed by atoms with Gasteiger partial charge < -0.3 is 10.1 Å². The van der Waals surface area contributed by atoms with E-state index in [9.17, 15) is 0 Å². The second-order valence-electron chi connectivity index (χ2n) is 5.69. The zero-order chi connectivity index (χ0) is 13.5. The largest absolute Gasteiger partial charge is 0.381 e. The minimum absolute atomic E-state index is 0.443. The fourth-order valence-corrected chi connectivity index (χ4v) is 2.69. The Morgan fingerprint density at radius 2 is 2.11 bits per heavy atom. The number of rotatable bonds is 7. The molecule has 1 saturated heterocycles. The van der Waals surface area contributed by atoms with Crippen molar-refractivity contribution in [2.75, 3.05) is 19.8 Å². The Hall–Kier alpha value is -0.860. The lowest BCUT2D eigenvalue weighted by Gasteiger charge is -2.16.